The Morgan fingerprint density at radius 3 is 2.48 bits per heavy atom. The summed E-state index contributed by atoms with van der Waals surface area (Å²) in [5.41, 5.74) is 0.286. The molecule has 0 atom stereocenters. The molecule has 0 heterocycles. The number of hydrogen-bond acceptors (Lipinski definition) is 5. The molecule has 2 aromatic carbocycles. The van der Waals surface area contributed by atoms with E-state index in [-0.39, 0.29) is 11.4 Å². The molecule has 0 radical (unpaired) electrons. The molecule has 108 valence electrons. The number of nitro benzene ring substituents is 1. The van der Waals surface area contributed by atoms with Crippen LogP contribution in [0.25, 0.3) is 0 Å². The molecule has 0 unspecified atom stereocenters. The quantitative estimate of drug-likeness (QED) is 0.462. The fourth-order valence-electron chi connectivity index (χ4n) is 1.65. The molecule has 0 aromatic heterocycles. The monoisotopic (exact) mass is 351 g/mol. The highest BCUT2D eigenvalue weighted by molar-refractivity contribution is 9.10. The van der Waals surface area contributed by atoms with E-state index in [4.69, 9.17) is 9.47 Å². The molecule has 0 aliphatic heterocycles. The van der Waals surface area contributed by atoms with E-state index in [9.17, 15) is 14.9 Å². The number of aldehydes is 1. The Bertz CT molecular complexity index is 702. The maximum absolute atomic E-state index is 11.0. The van der Waals surface area contributed by atoms with Crippen LogP contribution in [0.5, 0.6) is 17.2 Å². The fourth-order valence-corrected chi connectivity index (χ4v) is 2.10. The predicted molar refractivity (Wildman–Crippen MR) is 79.3 cm³/mol. The number of ether oxygens (including phenoxy) is 2. The Kier molecular flexibility index (Phi) is 4.54. The van der Waals surface area contributed by atoms with Gasteiger partial charge in [0, 0.05) is 22.2 Å². The van der Waals surface area contributed by atoms with Gasteiger partial charge in [-0.15, -0.1) is 0 Å². The summed E-state index contributed by atoms with van der Waals surface area (Å²) in [6.45, 7) is 0. The van der Waals surface area contributed by atoms with Gasteiger partial charge in [0.1, 0.15) is 11.5 Å². The molecule has 7 heteroatoms. The van der Waals surface area contributed by atoms with Crippen molar-refractivity contribution in [2.75, 3.05) is 7.11 Å². The number of benzene rings is 2. The lowest BCUT2D eigenvalue weighted by molar-refractivity contribution is -0.385. The molecule has 2 rings (SSSR count). The van der Waals surface area contributed by atoms with Crippen molar-refractivity contribution in [2.45, 2.75) is 0 Å². The van der Waals surface area contributed by atoms with Crippen molar-refractivity contribution in [1.82, 2.24) is 0 Å². The molecule has 0 saturated heterocycles. The SMILES string of the molecule is COc1ccc([N+](=O)[O-])c(Oc2ccc(C=O)c(Br)c2)c1. The lowest BCUT2D eigenvalue weighted by atomic mass is 10.2. The van der Waals surface area contributed by atoms with Crippen LogP contribution in [0.1, 0.15) is 10.4 Å². The highest BCUT2D eigenvalue weighted by Gasteiger charge is 2.17. The topological polar surface area (TPSA) is 78.7 Å². The largest absolute Gasteiger partial charge is 0.497 e. The Morgan fingerprint density at radius 1 is 1.19 bits per heavy atom. The normalized spacial score (nSPS) is 10.0. The van der Waals surface area contributed by atoms with Gasteiger partial charge in [-0.25, -0.2) is 0 Å². The minimum Gasteiger partial charge on any atom is -0.497 e. The van der Waals surface area contributed by atoms with E-state index in [2.05, 4.69) is 15.9 Å². The van der Waals surface area contributed by atoms with E-state index in [0.717, 1.165) is 0 Å². The molecular formula is C14H10BrNO5. The standard InChI is InChI=1S/C14H10BrNO5/c1-20-10-4-5-13(16(18)19)14(7-10)21-11-3-2-9(8-17)12(15)6-11/h2-8H,1H3. The van der Waals surface area contributed by atoms with Gasteiger partial charge in [-0.05, 0) is 40.2 Å². The first-order valence-corrected chi connectivity index (χ1v) is 6.59. The molecular weight excluding hydrogens is 342 g/mol. The van der Waals surface area contributed by atoms with Crippen LogP contribution >= 0.6 is 15.9 Å². The third-order valence-electron chi connectivity index (χ3n) is 2.69. The van der Waals surface area contributed by atoms with Crippen LogP contribution in [0.3, 0.4) is 0 Å². The third-order valence-corrected chi connectivity index (χ3v) is 3.38. The van der Waals surface area contributed by atoms with Gasteiger partial charge in [-0.3, -0.25) is 14.9 Å². The first kappa shape index (κ1) is 15.0. The first-order chi connectivity index (χ1) is 10.0. The summed E-state index contributed by atoms with van der Waals surface area (Å²) in [6.07, 6.45) is 0.696. The summed E-state index contributed by atoms with van der Waals surface area (Å²) in [7, 11) is 1.46. The smallest absolute Gasteiger partial charge is 0.311 e. The number of methoxy groups -OCH3 is 1. The summed E-state index contributed by atoms with van der Waals surface area (Å²) >= 11 is 3.23. The van der Waals surface area contributed by atoms with Gasteiger partial charge in [0.2, 0.25) is 5.75 Å². The van der Waals surface area contributed by atoms with Crippen LogP contribution in [0, 0.1) is 10.1 Å². The van der Waals surface area contributed by atoms with E-state index in [1.54, 1.807) is 18.2 Å². The molecule has 0 saturated carbocycles. The van der Waals surface area contributed by atoms with Crippen molar-refractivity contribution in [1.29, 1.82) is 0 Å². The van der Waals surface area contributed by atoms with Gasteiger partial charge in [0.15, 0.2) is 6.29 Å². The second-order valence-corrected chi connectivity index (χ2v) is 4.85. The molecule has 0 bridgehead atoms. The van der Waals surface area contributed by atoms with Crippen LogP contribution < -0.4 is 9.47 Å². The number of carbonyl (C=O) groups excluding carboxylic acids is 1. The Labute approximate surface area is 128 Å². The third kappa shape index (κ3) is 3.38. The molecule has 2 aromatic rings. The van der Waals surface area contributed by atoms with Gasteiger partial charge in [-0.1, -0.05) is 0 Å². The fraction of sp³-hybridized carbons (Fsp3) is 0.0714. The molecule has 0 fully saturated rings. The first-order valence-electron chi connectivity index (χ1n) is 5.80. The number of nitro groups is 1. The summed E-state index contributed by atoms with van der Waals surface area (Å²) in [6, 6.07) is 8.89. The Morgan fingerprint density at radius 2 is 1.90 bits per heavy atom. The molecule has 0 spiro atoms. The number of hydrogen-bond donors (Lipinski definition) is 0. The van der Waals surface area contributed by atoms with Gasteiger partial charge >= 0.3 is 5.69 Å². The molecule has 21 heavy (non-hydrogen) atoms. The van der Waals surface area contributed by atoms with Crippen molar-refractivity contribution in [3.05, 3.63) is 56.5 Å². The van der Waals surface area contributed by atoms with Crippen molar-refractivity contribution in [3.63, 3.8) is 0 Å². The molecule has 6 nitrogen and oxygen atoms in total. The van der Waals surface area contributed by atoms with Crippen molar-refractivity contribution in [2.24, 2.45) is 0 Å². The Hall–Kier alpha value is -2.41. The Balaban J connectivity index is 2.40. The van der Waals surface area contributed by atoms with Crippen LogP contribution in [0.2, 0.25) is 0 Å². The summed E-state index contributed by atoms with van der Waals surface area (Å²) in [4.78, 5) is 21.2. The highest BCUT2D eigenvalue weighted by Crippen LogP contribution is 2.35. The van der Waals surface area contributed by atoms with E-state index in [0.29, 0.717) is 27.8 Å². The van der Waals surface area contributed by atoms with Gasteiger partial charge in [-0.2, -0.15) is 0 Å². The van der Waals surface area contributed by atoms with Gasteiger partial charge < -0.3 is 9.47 Å². The van der Waals surface area contributed by atoms with Gasteiger partial charge in [0.05, 0.1) is 12.0 Å². The van der Waals surface area contributed by atoms with E-state index < -0.39 is 4.92 Å². The average molecular weight is 352 g/mol. The lowest BCUT2D eigenvalue weighted by Gasteiger charge is -2.09. The van der Waals surface area contributed by atoms with Crippen molar-refractivity contribution >= 4 is 27.9 Å². The summed E-state index contributed by atoms with van der Waals surface area (Å²) in [5, 5.41) is 11.0. The van der Waals surface area contributed by atoms with Crippen LogP contribution in [-0.4, -0.2) is 18.3 Å². The molecule has 0 aliphatic rings. The molecule has 0 N–H and O–H groups in total. The maximum Gasteiger partial charge on any atom is 0.311 e. The predicted octanol–water partition coefficient (Wildman–Crippen LogP) is 3.97. The zero-order valence-electron chi connectivity index (χ0n) is 10.9. The number of nitrogens with zero attached hydrogens (tertiary/aromatic N) is 1. The zero-order chi connectivity index (χ0) is 15.4. The molecule has 0 aliphatic carbocycles. The maximum atomic E-state index is 11.0. The summed E-state index contributed by atoms with van der Waals surface area (Å²) < 4.78 is 11.1. The number of halogens is 1. The number of rotatable bonds is 5. The molecule has 0 amide bonds. The highest BCUT2D eigenvalue weighted by atomic mass is 79.9. The van der Waals surface area contributed by atoms with Crippen molar-refractivity contribution < 1.29 is 19.2 Å². The van der Waals surface area contributed by atoms with Crippen molar-refractivity contribution in [3.8, 4) is 17.2 Å². The lowest BCUT2D eigenvalue weighted by Crippen LogP contribution is -1.95. The van der Waals surface area contributed by atoms with E-state index in [1.165, 1.54) is 25.3 Å². The van der Waals surface area contributed by atoms with Crippen LogP contribution in [0.4, 0.5) is 5.69 Å². The van der Waals surface area contributed by atoms with E-state index in [1.807, 2.05) is 0 Å². The second kappa shape index (κ2) is 6.36. The number of carbonyl (C=O) groups is 1. The average Bonchev–Trinajstić information content (AvgIpc) is 2.47. The van der Waals surface area contributed by atoms with E-state index >= 15 is 0 Å². The minimum atomic E-state index is -0.538. The van der Waals surface area contributed by atoms with Crippen LogP contribution in [-0.2, 0) is 0 Å². The minimum absolute atomic E-state index is 0.0603. The van der Waals surface area contributed by atoms with Crippen LogP contribution in [0.15, 0.2) is 40.9 Å². The van der Waals surface area contributed by atoms with Gasteiger partial charge in [0.25, 0.3) is 0 Å². The summed E-state index contributed by atoms with van der Waals surface area (Å²) in [5.74, 6) is 0.869. The zero-order valence-corrected chi connectivity index (χ0v) is 12.5. The second-order valence-electron chi connectivity index (χ2n) is 3.99.